The molecule has 100 valence electrons. The summed E-state index contributed by atoms with van der Waals surface area (Å²) in [6.07, 6.45) is 0. The van der Waals surface area contributed by atoms with Crippen molar-refractivity contribution in [1.82, 2.24) is 0 Å². The summed E-state index contributed by atoms with van der Waals surface area (Å²) >= 11 is 0. The maximum Gasteiger partial charge on any atom is 0.295 e. The lowest BCUT2D eigenvalue weighted by atomic mass is 10.1. The zero-order valence-corrected chi connectivity index (χ0v) is 11.3. The van der Waals surface area contributed by atoms with E-state index in [1.165, 1.54) is 6.07 Å². The quantitative estimate of drug-likeness (QED) is 0.667. The summed E-state index contributed by atoms with van der Waals surface area (Å²) < 4.78 is 31.7. The van der Waals surface area contributed by atoms with Crippen molar-refractivity contribution in [3.63, 3.8) is 0 Å². The van der Waals surface area contributed by atoms with Gasteiger partial charge in [0.15, 0.2) is 0 Å². The minimum Gasteiger partial charge on any atom is -0.377 e. The molecule has 0 aliphatic heterocycles. The van der Waals surface area contributed by atoms with Gasteiger partial charge in [-0.1, -0.05) is 24.3 Å². The number of fused-ring (bicyclic) bond motifs is 1. The lowest BCUT2D eigenvalue weighted by Crippen LogP contribution is -2.09. The molecule has 0 spiro atoms. The van der Waals surface area contributed by atoms with E-state index in [1.54, 1.807) is 18.2 Å². The van der Waals surface area contributed by atoms with E-state index in [2.05, 4.69) is 0 Å². The molecule has 0 bridgehead atoms. The Labute approximate surface area is 111 Å². The standard InChI is InChI=1S/C12H13NO3S.N2/c1-13(2)11-7-3-6-10-9(11)5-4-8-12(10)17(14,15)16;1-2/h3-8H,1-2H3,(H,14,15,16);. The smallest absolute Gasteiger partial charge is 0.295 e. The number of rotatable bonds is 2. The SMILES string of the molecule is CN(C)c1cccc2c(S(=O)(=O)O)cccc12.N#N. The highest BCUT2D eigenvalue weighted by atomic mass is 32.2. The first-order valence-corrected chi connectivity index (χ1v) is 6.72. The lowest BCUT2D eigenvalue weighted by Gasteiger charge is -2.16. The van der Waals surface area contributed by atoms with Crippen LogP contribution in [0.2, 0.25) is 0 Å². The van der Waals surface area contributed by atoms with Gasteiger partial charge in [0.1, 0.15) is 4.90 Å². The van der Waals surface area contributed by atoms with Crippen LogP contribution >= 0.6 is 0 Å². The fourth-order valence-corrected chi connectivity index (χ4v) is 2.59. The average molecular weight is 279 g/mol. The third-order valence-electron chi connectivity index (χ3n) is 2.62. The van der Waals surface area contributed by atoms with Crippen molar-refractivity contribution in [2.45, 2.75) is 4.90 Å². The predicted octanol–water partition coefficient (Wildman–Crippen LogP) is 2.18. The molecule has 2 aromatic carbocycles. The Morgan fingerprint density at radius 2 is 1.53 bits per heavy atom. The highest BCUT2D eigenvalue weighted by Crippen LogP contribution is 2.29. The Morgan fingerprint density at radius 3 is 2.05 bits per heavy atom. The van der Waals surface area contributed by atoms with Gasteiger partial charge in [-0.25, -0.2) is 0 Å². The molecule has 0 unspecified atom stereocenters. The van der Waals surface area contributed by atoms with Crippen molar-refractivity contribution < 1.29 is 13.0 Å². The van der Waals surface area contributed by atoms with Crippen LogP contribution in [-0.2, 0) is 10.1 Å². The van der Waals surface area contributed by atoms with Crippen molar-refractivity contribution >= 4 is 26.6 Å². The number of benzene rings is 2. The van der Waals surface area contributed by atoms with Crippen LogP contribution in [0.25, 0.3) is 10.8 Å². The molecule has 0 fully saturated rings. The fraction of sp³-hybridized carbons (Fsp3) is 0.167. The summed E-state index contributed by atoms with van der Waals surface area (Å²) in [4.78, 5) is 1.84. The molecule has 6 nitrogen and oxygen atoms in total. The van der Waals surface area contributed by atoms with Gasteiger partial charge in [0, 0.05) is 41.3 Å². The second-order valence-corrected chi connectivity index (χ2v) is 5.39. The van der Waals surface area contributed by atoms with Crippen LogP contribution in [0.4, 0.5) is 5.69 Å². The van der Waals surface area contributed by atoms with E-state index in [9.17, 15) is 13.0 Å². The minimum atomic E-state index is -4.19. The molecule has 0 saturated heterocycles. The Kier molecular flexibility index (Phi) is 4.43. The largest absolute Gasteiger partial charge is 0.377 e. The van der Waals surface area contributed by atoms with Gasteiger partial charge in [0.2, 0.25) is 0 Å². The number of hydrogen-bond donors (Lipinski definition) is 1. The molecule has 0 heterocycles. The van der Waals surface area contributed by atoms with E-state index in [0.717, 1.165) is 11.1 Å². The highest BCUT2D eigenvalue weighted by Gasteiger charge is 2.14. The summed E-state index contributed by atoms with van der Waals surface area (Å²) in [7, 11) is -0.423. The Balaban J connectivity index is 0.000000861. The first-order chi connectivity index (χ1) is 8.91. The number of nitrogens with zero attached hydrogens (tertiary/aromatic N) is 3. The van der Waals surface area contributed by atoms with Crippen molar-refractivity contribution in [3.05, 3.63) is 36.4 Å². The van der Waals surface area contributed by atoms with Crippen LogP contribution < -0.4 is 4.90 Å². The Hall–Kier alpha value is -2.17. The topological polar surface area (TPSA) is 105 Å². The van der Waals surface area contributed by atoms with Gasteiger partial charge < -0.3 is 4.90 Å². The molecule has 0 saturated carbocycles. The van der Waals surface area contributed by atoms with Crippen LogP contribution in [0, 0.1) is 10.8 Å². The summed E-state index contributed by atoms with van der Waals surface area (Å²) in [6.45, 7) is 0. The van der Waals surface area contributed by atoms with Crippen LogP contribution in [0.15, 0.2) is 41.3 Å². The molecule has 7 heteroatoms. The zero-order chi connectivity index (χ0) is 14.6. The van der Waals surface area contributed by atoms with Gasteiger partial charge in [-0.3, -0.25) is 4.55 Å². The van der Waals surface area contributed by atoms with Crippen LogP contribution in [0.3, 0.4) is 0 Å². The molecule has 2 aromatic rings. The van der Waals surface area contributed by atoms with E-state index < -0.39 is 10.1 Å². The first kappa shape index (κ1) is 14.9. The molecule has 0 amide bonds. The maximum atomic E-state index is 11.3. The molecule has 19 heavy (non-hydrogen) atoms. The molecule has 0 radical (unpaired) electrons. The van der Waals surface area contributed by atoms with Crippen LogP contribution in [0.5, 0.6) is 0 Å². The molecule has 1 N–H and O–H groups in total. The molecule has 0 aromatic heterocycles. The molecular weight excluding hydrogens is 266 g/mol. The molecular formula is C12H13N3O3S. The van der Waals surface area contributed by atoms with Gasteiger partial charge in [0.25, 0.3) is 10.1 Å². The molecule has 0 aliphatic carbocycles. The van der Waals surface area contributed by atoms with E-state index in [0.29, 0.717) is 5.39 Å². The van der Waals surface area contributed by atoms with Gasteiger partial charge in [-0.15, -0.1) is 0 Å². The summed E-state index contributed by atoms with van der Waals surface area (Å²) in [6, 6.07) is 10.2. The minimum absolute atomic E-state index is 0.0568. The Morgan fingerprint density at radius 1 is 1.00 bits per heavy atom. The van der Waals surface area contributed by atoms with Crippen LogP contribution in [-0.4, -0.2) is 27.1 Å². The third-order valence-corrected chi connectivity index (χ3v) is 3.53. The zero-order valence-electron chi connectivity index (χ0n) is 10.5. The summed E-state index contributed by atoms with van der Waals surface area (Å²) in [5.74, 6) is 0. The van der Waals surface area contributed by atoms with E-state index in [4.69, 9.17) is 10.8 Å². The lowest BCUT2D eigenvalue weighted by molar-refractivity contribution is 0.484. The fourth-order valence-electron chi connectivity index (χ4n) is 1.88. The average Bonchev–Trinajstić information content (AvgIpc) is 2.38. The summed E-state index contributed by atoms with van der Waals surface area (Å²) in [5.41, 5.74) is 0.910. The van der Waals surface area contributed by atoms with Gasteiger partial charge >= 0.3 is 0 Å². The number of hydrogen-bond acceptors (Lipinski definition) is 5. The monoisotopic (exact) mass is 279 g/mol. The van der Waals surface area contributed by atoms with Crippen molar-refractivity contribution in [2.75, 3.05) is 19.0 Å². The van der Waals surface area contributed by atoms with Gasteiger partial charge in [-0.05, 0) is 12.1 Å². The maximum absolute atomic E-state index is 11.3. The molecule has 2 rings (SSSR count). The van der Waals surface area contributed by atoms with Crippen LogP contribution in [0.1, 0.15) is 0 Å². The van der Waals surface area contributed by atoms with Crippen molar-refractivity contribution in [1.29, 1.82) is 10.8 Å². The predicted molar refractivity (Wildman–Crippen MR) is 71.5 cm³/mol. The van der Waals surface area contributed by atoms with E-state index in [1.807, 2.05) is 31.1 Å². The second-order valence-electron chi connectivity index (χ2n) is 4.00. The first-order valence-electron chi connectivity index (χ1n) is 5.28. The van der Waals surface area contributed by atoms with Gasteiger partial charge in [0.05, 0.1) is 0 Å². The summed E-state index contributed by atoms with van der Waals surface area (Å²) in [5, 5.41) is 13.3. The second kappa shape index (κ2) is 5.65. The van der Waals surface area contributed by atoms with Crippen molar-refractivity contribution in [2.24, 2.45) is 0 Å². The Bertz CT molecular complexity index is 708. The van der Waals surface area contributed by atoms with E-state index in [-0.39, 0.29) is 4.90 Å². The van der Waals surface area contributed by atoms with E-state index >= 15 is 0 Å². The van der Waals surface area contributed by atoms with Crippen molar-refractivity contribution in [3.8, 4) is 0 Å². The van der Waals surface area contributed by atoms with Gasteiger partial charge in [-0.2, -0.15) is 8.42 Å². The number of anilines is 1. The highest BCUT2D eigenvalue weighted by molar-refractivity contribution is 7.86. The molecule has 0 atom stereocenters. The normalized spacial score (nSPS) is 10.6. The third kappa shape index (κ3) is 2.99. The molecule has 0 aliphatic rings.